The van der Waals surface area contributed by atoms with Crippen molar-refractivity contribution in [2.24, 2.45) is 5.92 Å². The number of benzene rings is 1. The number of anilines is 1. The van der Waals surface area contributed by atoms with Crippen LogP contribution in [0.25, 0.3) is 0 Å². The Morgan fingerprint density at radius 2 is 1.95 bits per heavy atom. The molecular weight excluding hydrogens is 240 g/mol. The van der Waals surface area contributed by atoms with Gasteiger partial charge in [-0.3, -0.25) is 9.59 Å². The maximum atomic E-state index is 11.4. The molecule has 1 saturated carbocycles. The normalized spacial score (nSPS) is 27.9. The Bertz CT molecular complexity index is 538. The van der Waals surface area contributed by atoms with Crippen molar-refractivity contribution in [3.05, 3.63) is 29.8 Å². The molecule has 0 bridgehead atoms. The smallest absolute Gasteiger partial charge is 0.221 e. The summed E-state index contributed by atoms with van der Waals surface area (Å²) >= 11 is 0. The highest BCUT2D eigenvalue weighted by atomic mass is 16.2. The van der Waals surface area contributed by atoms with Crippen LogP contribution in [0.2, 0.25) is 0 Å². The molecule has 100 valence electrons. The molecule has 4 heteroatoms. The Morgan fingerprint density at radius 3 is 2.47 bits per heavy atom. The lowest BCUT2D eigenvalue weighted by molar-refractivity contribution is -0.128. The van der Waals surface area contributed by atoms with Gasteiger partial charge in [0.05, 0.1) is 0 Å². The van der Waals surface area contributed by atoms with Crippen LogP contribution >= 0.6 is 0 Å². The molecule has 0 aromatic heterocycles. The lowest BCUT2D eigenvalue weighted by atomic mass is 9.95. The van der Waals surface area contributed by atoms with Gasteiger partial charge in [-0.15, -0.1) is 0 Å². The standard InChI is InChI=1S/C15H18N2O2/c1-10(18)16-14-5-3-12(4-6-14)15-7-13(15)8-17(9-15)11(2)19/h3-6,13H,7-9H2,1-2H3,(H,16,18). The first kappa shape index (κ1) is 12.2. The number of carbonyl (C=O) groups excluding carboxylic acids is 2. The minimum atomic E-state index is -0.0566. The fourth-order valence-electron chi connectivity index (χ4n) is 3.26. The number of amides is 2. The van der Waals surface area contributed by atoms with Crippen molar-refractivity contribution < 1.29 is 9.59 Å². The molecule has 0 radical (unpaired) electrons. The van der Waals surface area contributed by atoms with Crippen molar-refractivity contribution in [1.29, 1.82) is 0 Å². The second-order valence-electron chi connectivity index (χ2n) is 5.72. The summed E-state index contributed by atoms with van der Waals surface area (Å²) in [5.41, 5.74) is 2.29. The number of piperidine rings is 1. The van der Waals surface area contributed by atoms with Crippen molar-refractivity contribution in [3.63, 3.8) is 0 Å². The van der Waals surface area contributed by atoms with Crippen molar-refractivity contribution in [2.45, 2.75) is 25.7 Å². The lowest BCUT2D eigenvalue weighted by Gasteiger charge is -2.20. The minimum absolute atomic E-state index is 0.0566. The molecule has 2 amide bonds. The van der Waals surface area contributed by atoms with E-state index in [-0.39, 0.29) is 17.2 Å². The van der Waals surface area contributed by atoms with Gasteiger partial charge in [0.25, 0.3) is 0 Å². The van der Waals surface area contributed by atoms with E-state index in [1.165, 1.54) is 18.9 Å². The first-order valence-corrected chi connectivity index (χ1v) is 6.65. The van der Waals surface area contributed by atoms with Gasteiger partial charge in [-0.25, -0.2) is 0 Å². The topological polar surface area (TPSA) is 49.4 Å². The van der Waals surface area contributed by atoms with Gasteiger partial charge in [-0.05, 0) is 30.0 Å². The highest BCUT2D eigenvalue weighted by molar-refractivity contribution is 5.88. The van der Waals surface area contributed by atoms with E-state index in [0.717, 1.165) is 18.8 Å². The zero-order valence-corrected chi connectivity index (χ0v) is 11.3. The molecule has 4 nitrogen and oxygen atoms in total. The summed E-state index contributed by atoms with van der Waals surface area (Å²) in [7, 11) is 0. The summed E-state index contributed by atoms with van der Waals surface area (Å²) in [4.78, 5) is 24.4. The molecule has 1 saturated heterocycles. The number of rotatable bonds is 2. The molecule has 2 atom stereocenters. The van der Waals surface area contributed by atoms with Gasteiger partial charge in [0.1, 0.15) is 0 Å². The zero-order valence-electron chi connectivity index (χ0n) is 11.3. The van der Waals surface area contributed by atoms with E-state index < -0.39 is 0 Å². The average molecular weight is 258 g/mol. The van der Waals surface area contributed by atoms with Crippen molar-refractivity contribution >= 4 is 17.5 Å². The van der Waals surface area contributed by atoms with Gasteiger partial charge in [0, 0.05) is 38.0 Å². The first-order chi connectivity index (χ1) is 9.01. The second kappa shape index (κ2) is 4.08. The van der Waals surface area contributed by atoms with Gasteiger partial charge in [-0.1, -0.05) is 12.1 Å². The van der Waals surface area contributed by atoms with E-state index in [4.69, 9.17) is 0 Å². The fraction of sp³-hybridized carbons (Fsp3) is 0.467. The molecule has 1 aromatic rings. The van der Waals surface area contributed by atoms with Gasteiger partial charge in [-0.2, -0.15) is 0 Å². The van der Waals surface area contributed by atoms with Gasteiger partial charge >= 0.3 is 0 Å². The van der Waals surface area contributed by atoms with Gasteiger partial charge in [0.2, 0.25) is 11.8 Å². The van der Waals surface area contributed by atoms with Gasteiger partial charge in [0.15, 0.2) is 0 Å². The van der Waals surface area contributed by atoms with Crippen molar-refractivity contribution in [1.82, 2.24) is 4.90 Å². The van der Waals surface area contributed by atoms with E-state index in [1.54, 1.807) is 6.92 Å². The van der Waals surface area contributed by atoms with Crippen LogP contribution in [0.1, 0.15) is 25.8 Å². The lowest BCUT2D eigenvalue weighted by Crippen LogP contribution is -2.30. The number of carbonyl (C=O) groups is 2. The number of hydrogen-bond acceptors (Lipinski definition) is 2. The zero-order chi connectivity index (χ0) is 13.6. The maximum absolute atomic E-state index is 11.4. The van der Waals surface area contributed by atoms with E-state index >= 15 is 0 Å². The fourth-order valence-corrected chi connectivity index (χ4v) is 3.26. The Hall–Kier alpha value is -1.84. The third kappa shape index (κ3) is 2.01. The summed E-state index contributed by atoms with van der Waals surface area (Å²) in [6.07, 6.45) is 1.18. The Balaban J connectivity index is 1.77. The van der Waals surface area contributed by atoms with Crippen LogP contribution in [0.15, 0.2) is 24.3 Å². The highest BCUT2D eigenvalue weighted by Crippen LogP contribution is 2.59. The predicted octanol–water partition coefficient (Wildman–Crippen LogP) is 1.76. The summed E-state index contributed by atoms with van der Waals surface area (Å²) in [5, 5.41) is 2.77. The molecule has 3 rings (SSSR count). The Kier molecular flexibility index (Phi) is 2.62. The third-order valence-corrected chi connectivity index (χ3v) is 4.37. The minimum Gasteiger partial charge on any atom is -0.342 e. The molecule has 19 heavy (non-hydrogen) atoms. The van der Waals surface area contributed by atoms with Crippen molar-refractivity contribution in [3.8, 4) is 0 Å². The predicted molar refractivity (Wildman–Crippen MR) is 72.8 cm³/mol. The quantitative estimate of drug-likeness (QED) is 0.878. The molecule has 0 spiro atoms. The number of likely N-dealkylation sites (tertiary alicyclic amines) is 1. The SMILES string of the molecule is CC(=O)Nc1ccc(C23CC2CN(C(C)=O)C3)cc1. The highest BCUT2D eigenvalue weighted by Gasteiger charge is 2.61. The second-order valence-corrected chi connectivity index (χ2v) is 5.72. The number of fused-ring (bicyclic) bond motifs is 1. The van der Waals surface area contributed by atoms with Crippen LogP contribution in [0.4, 0.5) is 5.69 Å². The molecule has 1 N–H and O–H groups in total. The van der Waals surface area contributed by atoms with E-state index in [1.807, 2.05) is 17.0 Å². The maximum Gasteiger partial charge on any atom is 0.221 e. The molecule has 2 fully saturated rings. The van der Waals surface area contributed by atoms with Crippen LogP contribution in [-0.2, 0) is 15.0 Å². The Labute approximate surface area is 112 Å². The number of nitrogens with zero attached hydrogens (tertiary/aromatic N) is 1. The molecular formula is C15H18N2O2. The average Bonchev–Trinajstić information content (AvgIpc) is 2.92. The molecule has 1 aliphatic heterocycles. The van der Waals surface area contributed by atoms with Crippen molar-refractivity contribution in [2.75, 3.05) is 18.4 Å². The van der Waals surface area contributed by atoms with E-state index in [9.17, 15) is 9.59 Å². The van der Waals surface area contributed by atoms with Gasteiger partial charge < -0.3 is 10.2 Å². The van der Waals surface area contributed by atoms with E-state index in [2.05, 4.69) is 17.4 Å². The summed E-state index contributed by atoms with van der Waals surface area (Å²) < 4.78 is 0. The molecule has 1 aromatic carbocycles. The monoisotopic (exact) mass is 258 g/mol. The number of hydrogen-bond donors (Lipinski definition) is 1. The van der Waals surface area contributed by atoms with E-state index in [0.29, 0.717) is 5.92 Å². The first-order valence-electron chi connectivity index (χ1n) is 6.65. The summed E-state index contributed by atoms with van der Waals surface area (Å²) in [6.45, 7) is 4.87. The third-order valence-electron chi connectivity index (χ3n) is 4.37. The Morgan fingerprint density at radius 1 is 1.26 bits per heavy atom. The molecule has 1 heterocycles. The van der Waals surface area contributed by atoms with Crippen LogP contribution in [-0.4, -0.2) is 29.8 Å². The van der Waals surface area contributed by atoms with Crippen LogP contribution in [0.5, 0.6) is 0 Å². The summed E-state index contributed by atoms with van der Waals surface area (Å²) in [5.74, 6) is 0.725. The largest absolute Gasteiger partial charge is 0.342 e. The molecule has 1 aliphatic carbocycles. The number of nitrogens with one attached hydrogen (secondary N) is 1. The van der Waals surface area contributed by atoms with Crippen LogP contribution in [0.3, 0.4) is 0 Å². The van der Waals surface area contributed by atoms with Crippen LogP contribution < -0.4 is 5.32 Å². The van der Waals surface area contributed by atoms with Crippen LogP contribution in [0, 0.1) is 5.92 Å². The molecule has 2 unspecified atom stereocenters. The molecule has 2 aliphatic rings. The summed E-state index contributed by atoms with van der Waals surface area (Å²) in [6, 6.07) is 8.04.